The number of anilines is 2. The van der Waals surface area contributed by atoms with Crippen molar-refractivity contribution in [2.45, 2.75) is 32.2 Å². The quantitative estimate of drug-likeness (QED) is 0.583. The van der Waals surface area contributed by atoms with Crippen molar-refractivity contribution in [3.05, 3.63) is 16.4 Å². The number of hydrogen-bond donors (Lipinski definition) is 2. The number of aromatic nitrogens is 2. The fraction of sp³-hybridized carbons (Fsp3) is 0.692. The van der Waals surface area contributed by atoms with E-state index in [0.717, 1.165) is 25.8 Å². The lowest BCUT2D eigenvalue weighted by Gasteiger charge is -2.20. The van der Waals surface area contributed by atoms with Gasteiger partial charge in [-0.25, -0.2) is 9.97 Å². The van der Waals surface area contributed by atoms with Gasteiger partial charge in [0.25, 0.3) is 0 Å². The van der Waals surface area contributed by atoms with Crippen molar-refractivity contribution in [3.8, 4) is 0 Å². The van der Waals surface area contributed by atoms with E-state index in [9.17, 15) is 10.1 Å². The minimum Gasteiger partial charge on any atom is -0.364 e. The van der Waals surface area contributed by atoms with Gasteiger partial charge in [0.05, 0.1) is 4.92 Å². The van der Waals surface area contributed by atoms with Crippen molar-refractivity contribution < 1.29 is 4.92 Å². The monoisotopic (exact) mass is 294 g/mol. The summed E-state index contributed by atoms with van der Waals surface area (Å²) in [4.78, 5) is 21.1. The third kappa shape index (κ3) is 3.78. The zero-order valence-corrected chi connectivity index (χ0v) is 12.5. The highest BCUT2D eigenvalue weighted by Crippen LogP contribution is 2.29. The molecule has 1 aromatic heterocycles. The van der Waals surface area contributed by atoms with Gasteiger partial charge in [-0.2, -0.15) is 0 Å². The Hall–Kier alpha value is -1.96. The molecule has 8 heteroatoms. The molecule has 0 amide bonds. The Kier molecular flexibility index (Phi) is 5.26. The largest absolute Gasteiger partial charge is 0.364 e. The number of likely N-dealkylation sites (tertiary alicyclic amines) is 1. The third-order valence-corrected chi connectivity index (χ3v) is 3.72. The van der Waals surface area contributed by atoms with Gasteiger partial charge < -0.3 is 15.5 Å². The van der Waals surface area contributed by atoms with Gasteiger partial charge in [-0.05, 0) is 32.9 Å². The number of nitrogens with zero attached hydrogens (tertiary/aromatic N) is 4. The molecule has 0 aromatic carbocycles. The van der Waals surface area contributed by atoms with Crippen molar-refractivity contribution >= 4 is 17.3 Å². The molecule has 0 radical (unpaired) electrons. The lowest BCUT2D eigenvalue weighted by molar-refractivity contribution is -0.383. The SMILES string of the molecule is CCCNc1ncnc(NCC2CCCN2C)c1[N+](=O)[O-]. The summed E-state index contributed by atoms with van der Waals surface area (Å²) >= 11 is 0. The highest BCUT2D eigenvalue weighted by Gasteiger charge is 2.25. The molecule has 0 aliphatic carbocycles. The Morgan fingerprint density at radius 3 is 2.71 bits per heavy atom. The maximum atomic E-state index is 11.3. The van der Waals surface area contributed by atoms with Crippen molar-refractivity contribution in [2.75, 3.05) is 37.3 Å². The Morgan fingerprint density at radius 1 is 1.43 bits per heavy atom. The first-order chi connectivity index (χ1) is 10.1. The van der Waals surface area contributed by atoms with Crippen molar-refractivity contribution in [2.24, 2.45) is 0 Å². The van der Waals surface area contributed by atoms with Crippen LogP contribution in [0.25, 0.3) is 0 Å². The van der Waals surface area contributed by atoms with Crippen LogP contribution in [0.2, 0.25) is 0 Å². The highest BCUT2D eigenvalue weighted by molar-refractivity contribution is 5.69. The van der Waals surface area contributed by atoms with Crippen LogP contribution in [0.15, 0.2) is 6.33 Å². The fourth-order valence-corrected chi connectivity index (χ4v) is 2.51. The zero-order chi connectivity index (χ0) is 15.2. The van der Waals surface area contributed by atoms with Crippen LogP contribution < -0.4 is 10.6 Å². The van der Waals surface area contributed by atoms with Crippen LogP contribution in [0.3, 0.4) is 0 Å². The highest BCUT2D eigenvalue weighted by atomic mass is 16.6. The van der Waals surface area contributed by atoms with Gasteiger partial charge >= 0.3 is 5.69 Å². The smallest absolute Gasteiger partial charge is 0.353 e. The molecule has 2 N–H and O–H groups in total. The maximum absolute atomic E-state index is 11.3. The average molecular weight is 294 g/mol. The minimum absolute atomic E-state index is 0.0772. The number of nitro groups is 1. The summed E-state index contributed by atoms with van der Waals surface area (Å²) in [6, 6.07) is 0.395. The summed E-state index contributed by atoms with van der Waals surface area (Å²) in [5, 5.41) is 17.4. The summed E-state index contributed by atoms with van der Waals surface area (Å²) < 4.78 is 0. The first-order valence-electron chi connectivity index (χ1n) is 7.30. The van der Waals surface area contributed by atoms with Crippen LogP contribution >= 0.6 is 0 Å². The second-order valence-corrected chi connectivity index (χ2v) is 5.26. The van der Waals surface area contributed by atoms with Gasteiger partial charge in [0.15, 0.2) is 0 Å². The predicted molar refractivity (Wildman–Crippen MR) is 81.6 cm³/mol. The molecule has 1 aromatic rings. The lowest BCUT2D eigenvalue weighted by Crippen LogP contribution is -2.32. The van der Waals surface area contributed by atoms with Crippen LogP contribution in [-0.2, 0) is 0 Å². The summed E-state index contributed by atoms with van der Waals surface area (Å²) in [5.41, 5.74) is -0.0772. The number of likely N-dealkylation sites (N-methyl/N-ethyl adjacent to an activating group) is 1. The van der Waals surface area contributed by atoms with Gasteiger partial charge in [-0.1, -0.05) is 6.92 Å². The standard InChI is InChI=1S/C13H22N6O2/c1-3-6-14-12-11(19(20)21)13(17-9-16-12)15-8-10-5-4-7-18(10)2/h9-10H,3-8H2,1-2H3,(H2,14,15,16,17). The Balaban J connectivity index is 2.12. The van der Waals surface area contributed by atoms with E-state index in [1.807, 2.05) is 6.92 Å². The molecule has 1 unspecified atom stereocenters. The molecule has 1 atom stereocenters. The molecular weight excluding hydrogens is 272 g/mol. The number of nitrogens with one attached hydrogen (secondary N) is 2. The van der Waals surface area contributed by atoms with Crippen LogP contribution in [0.5, 0.6) is 0 Å². The second-order valence-electron chi connectivity index (χ2n) is 5.26. The van der Waals surface area contributed by atoms with E-state index in [-0.39, 0.29) is 17.3 Å². The van der Waals surface area contributed by atoms with E-state index in [1.165, 1.54) is 6.33 Å². The number of rotatable bonds is 7. The molecule has 0 spiro atoms. The molecule has 1 saturated heterocycles. The van der Waals surface area contributed by atoms with E-state index in [4.69, 9.17) is 0 Å². The second kappa shape index (κ2) is 7.16. The first kappa shape index (κ1) is 15.4. The van der Waals surface area contributed by atoms with Gasteiger partial charge in [0, 0.05) is 19.1 Å². The van der Waals surface area contributed by atoms with Crippen LogP contribution in [0.4, 0.5) is 17.3 Å². The van der Waals surface area contributed by atoms with Gasteiger partial charge in [0.1, 0.15) is 6.33 Å². The molecule has 0 bridgehead atoms. The lowest BCUT2D eigenvalue weighted by atomic mass is 10.2. The van der Waals surface area contributed by atoms with Gasteiger partial charge in [-0.3, -0.25) is 10.1 Å². The maximum Gasteiger partial charge on any atom is 0.353 e. The summed E-state index contributed by atoms with van der Waals surface area (Å²) in [6.07, 6.45) is 4.49. The molecule has 21 heavy (non-hydrogen) atoms. The predicted octanol–water partition coefficient (Wildman–Crippen LogP) is 1.71. The average Bonchev–Trinajstić information content (AvgIpc) is 2.87. The van der Waals surface area contributed by atoms with E-state index < -0.39 is 4.92 Å². The minimum atomic E-state index is -0.432. The van der Waals surface area contributed by atoms with E-state index >= 15 is 0 Å². The van der Waals surface area contributed by atoms with Gasteiger partial charge in [0.2, 0.25) is 11.6 Å². The number of hydrogen-bond acceptors (Lipinski definition) is 7. The molecule has 1 aliphatic heterocycles. The molecule has 2 rings (SSSR count). The molecule has 1 fully saturated rings. The third-order valence-electron chi connectivity index (χ3n) is 3.72. The molecule has 8 nitrogen and oxygen atoms in total. The molecule has 2 heterocycles. The van der Waals surface area contributed by atoms with Gasteiger partial charge in [-0.15, -0.1) is 0 Å². The van der Waals surface area contributed by atoms with Crippen molar-refractivity contribution in [1.82, 2.24) is 14.9 Å². The Morgan fingerprint density at radius 2 is 2.14 bits per heavy atom. The van der Waals surface area contributed by atoms with E-state index in [0.29, 0.717) is 19.1 Å². The molecular formula is C13H22N6O2. The summed E-state index contributed by atoms with van der Waals surface area (Å²) in [5.74, 6) is 0.563. The normalized spacial score (nSPS) is 18.7. The topological polar surface area (TPSA) is 96.2 Å². The van der Waals surface area contributed by atoms with E-state index in [1.54, 1.807) is 0 Å². The first-order valence-corrected chi connectivity index (χ1v) is 7.30. The Labute approximate surface area is 124 Å². The molecule has 116 valence electrons. The van der Waals surface area contributed by atoms with E-state index in [2.05, 4.69) is 32.5 Å². The summed E-state index contributed by atoms with van der Waals surface area (Å²) in [6.45, 7) is 4.36. The van der Waals surface area contributed by atoms with Crippen LogP contribution in [0, 0.1) is 10.1 Å². The fourth-order valence-electron chi connectivity index (χ4n) is 2.51. The summed E-state index contributed by atoms with van der Waals surface area (Å²) in [7, 11) is 2.07. The van der Waals surface area contributed by atoms with Crippen LogP contribution in [0.1, 0.15) is 26.2 Å². The zero-order valence-electron chi connectivity index (χ0n) is 12.5. The Bertz CT molecular complexity index is 496. The molecule has 0 saturated carbocycles. The van der Waals surface area contributed by atoms with Crippen molar-refractivity contribution in [3.63, 3.8) is 0 Å². The van der Waals surface area contributed by atoms with Crippen molar-refractivity contribution in [1.29, 1.82) is 0 Å². The van der Waals surface area contributed by atoms with Crippen LogP contribution in [-0.4, -0.2) is 52.5 Å². The molecule has 1 aliphatic rings.